The summed E-state index contributed by atoms with van der Waals surface area (Å²) in [5.74, 6) is -1.37. The lowest BCUT2D eigenvalue weighted by Gasteiger charge is -2.20. The summed E-state index contributed by atoms with van der Waals surface area (Å²) >= 11 is 0. The number of carbonyl (C=O) groups is 3. The number of nitrogens with one attached hydrogen (secondary N) is 2. The molecule has 122 valence electrons. The monoisotopic (exact) mass is 324 g/mol. The second-order valence-electron chi connectivity index (χ2n) is 5.69. The van der Waals surface area contributed by atoms with Crippen molar-refractivity contribution in [3.8, 4) is 0 Å². The number of hydrogen-bond donors (Lipinski definition) is 3. The van der Waals surface area contributed by atoms with E-state index in [0.29, 0.717) is 16.9 Å². The first-order chi connectivity index (χ1) is 11.4. The van der Waals surface area contributed by atoms with E-state index in [1.54, 1.807) is 48.5 Å². The van der Waals surface area contributed by atoms with Crippen LogP contribution in [0.15, 0.2) is 48.5 Å². The van der Waals surface area contributed by atoms with Gasteiger partial charge >= 0.3 is 0 Å². The third kappa shape index (κ3) is 2.68. The molecular weight excluding hydrogens is 308 g/mol. The lowest BCUT2D eigenvalue weighted by Crippen LogP contribution is -2.36. The van der Waals surface area contributed by atoms with Crippen molar-refractivity contribution in [2.75, 3.05) is 10.6 Å². The molecule has 1 heterocycles. The maximum Gasteiger partial charge on any atom is 0.261 e. The smallest absolute Gasteiger partial charge is 0.261 e. The molecule has 0 aromatic heterocycles. The summed E-state index contributed by atoms with van der Waals surface area (Å²) in [4.78, 5) is 36.1. The number of benzene rings is 2. The lowest BCUT2D eigenvalue weighted by molar-refractivity contribution is -0.133. The van der Waals surface area contributed by atoms with Crippen LogP contribution in [0.1, 0.15) is 29.3 Å². The van der Waals surface area contributed by atoms with Gasteiger partial charge in [-0.15, -0.1) is 0 Å². The van der Waals surface area contributed by atoms with Gasteiger partial charge in [0, 0.05) is 23.7 Å². The number of amides is 2. The van der Waals surface area contributed by atoms with E-state index >= 15 is 0 Å². The van der Waals surface area contributed by atoms with Gasteiger partial charge in [-0.2, -0.15) is 0 Å². The Balaban J connectivity index is 1.93. The average Bonchev–Trinajstić information content (AvgIpc) is 2.78. The van der Waals surface area contributed by atoms with Gasteiger partial charge in [0.05, 0.1) is 12.1 Å². The molecule has 0 unspecified atom stereocenters. The van der Waals surface area contributed by atoms with Crippen molar-refractivity contribution >= 4 is 29.0 Å². The Hall–Kier alpha value is -2.99. The number of rotatable bonds is 4. The zero-order valence-electron chi connectivity index (χ0n) is 13.0. The molecule has 0 bridgehead atoms. The van der Waals surface area contributed by atoms with Gasteiger partial charge in [0.25, 0.3) is 5.91 Å². The molecule has 6 heteroatoms. The van der Waals surface area contributed by atoms with Gasteiger partial charge in [0.2, 0.25) is 5.91 Å². The normalized spacial score (nSPS) is 18.7. The fourth-order valence-corrected chi connectivity index (χ4v) is 2.83. The Labute approximate surface area is 138 Å². The lowest BCUT2D eigenvalue weighted by atomic mass is 9.88. The van der Waals surface area contributed by atoms with Crippen molar-refractivity contribution in [2.24, 2.45) is 0 Å². The van der Waals surface area contributed by atoms with Crippen molar-refractivity contribution < 1.29 is 19.5 Å². The van der Waals surface area contributed by atoms with Crippen LogP contribution in [0.25, 0.3) is 0 Å². The van der Waals surface area contributed by atoms with Gasteiger partial charge in [0.1, 0.15) is 0 Å². The predicted molar refractivity (Wildman–Crippen MR) is 88.7 cm³/mol. The summed E-state index contributed by atoms with van der Waals surface area (Å²) in [5, 5.41) is 16.0. The van der Waals surface area contributed by atoms with E-state index in [0.717, 1.165) is 0 Å². The minimum Gasteiger partial charge on any atom is -0.375 e. The molecule has 0 spiro atoms. The molecule has 2 aromatic rings. The Kier molecular flexibility index (Phi) is 3.91. The van der Waals surface area contributed by atoms with Crippen molar-refractivity contribution in [3.05, 3.63) is 59.7 Å². The van der Waals surface area contributed by atoms with E-state index in [9.17, 15) is 19.5 Å². The van der Waals surface area contributed by atoms with Crippen molar-refractivity contribution in [1.82, 2.24) is 0 Å². The molecule has 24 heavy (non-hydrogen) atoms. The second-order valence-corrected chi connectivity index (χ2v) is 5.69. The van der Waals surface area contributed by atoms with Crippen LogP contribution in [0, 0.1) is 0 Å². The van der Waals surface area contributed by atoms with E-state index in [1.807, 2.05) is 0 Å². The fraction of sp³-hybridized carbons (Fsp3) is 0.167. The Morgan fingerprint density at radius 3 is 2.54 bits per heavy atom. The molecule has 3 N–H and O–H groups in total. The highest BCUT2D eigenvalue weighted by Gasteiger charge is 2.46. The molecule has 0 aliphatic carbocycles. The predicted octanol–water partition coefficient (Wildman–Crippen LogP) is 2.06. The highest BCUT2D eigenvalue weighted by atomic mass is 16.3. The second kappa shape index (κ2) is 5.90. The molecular formula is C18H16N2O4. The van der Waals surface area contributed by atoms with Crippen molar-refractivity contribution in [2.45, 2.75) is 18.9 Å². The minimum atomic E-state index is -1.92. The quantitative estimate of drug-likeness (QED) is 0.750. The van der Waals surface area contributed by atoms with Gasteiger partial charge in [0.15, 0.2) is 11.4 Å². The van der Waals surface area contributed by atoms with Crippen LogP contribution in [0.2, 0.25) is 0 Å². The number of carbonyl (C=O) groups excluding carboxylic acids is 3. The van der Waals surface area contributed by atoms with E-state index in [2.05, 4.69) is 10.6 Å². The average molecular weight is 324 g/mol. The largest absolute Gasteiger partial charge is 0.375 e. The number of anilines is 2. The van der Waals surface area contributed by atoms with Crippen molar-refractivity contribution in [3.63, 3.8) is 0 Å². The number of aliphatic hydroxyl groups is 1. The number of hydrogen-bond acceptors (Lipinski definition) is 4. The first-order valence-corrected chi connectivity index (χ1v) is 7.45. The van der Waals surface area contributed by atoms with Crippen LogP contribution < -0.4 is 10.6 Å². The van der Waals surface area contributed by atoms with Crippen molar-refractivity contribution in [1.29, 1.82) is 0 Å². The molecule has 2 amide bonds. The molecule has 0 saturated carbocycles. The zero-order chi connectivity index (χ0) is 17.3. The van der Waals surface area contributed by atoms with Crippen LogP contribution in [0.4, 0.5) is 11.4 Å². The van der Waals surface area contributed by atoms with Crippen LogP contribution in [0.5, 0.6) is 0 Å². The minimum absolute atomic E-state index is 0.248. The maximum atomic E-state index is 12.7. The molecule has 1 atom stereocenters. The molecule has 0 saturated heterocycles. The molecule has 1 aliphatic rings. The highest BCUT2D eigenvalue weighted by molar-refractivity contribution is 6.11. The summed E-state index contributed by atoms with van der Waals surface area (Å²) in [6.45, 7) is 1.34. The molecule has 3 rings (SSSR count). The Morgan fingerprint density at radius 2 is 1.79 bits per heavy atom. The summed E-state index contributed by atoms with van der Waals surface area (Å²) in [5.41, 5.74) is -0.450. The molecule has 2 aromatic carbocycles. The summed E-state index contributed by atoms with van der Waals surface area (Å²) in [6, 6.07) is 13.2. The summed E-state index contributed by atoms with van der Waals surface area (Å²) in [6.07, 6.45) is -0.410. The maximum absolute atomic E-state index is 12.7. The van der Waals surface area contributed by atoms with E-state index in [1.165, 1.54) is 6.92 Å². The molecule has 0 radical (unpaired) electrons. The molecule has 6 nitrogen and oxygen atoms in total. The molecule has 1 aliphatic heterocycles. The van der Waals surface area contributed by atoms with E-state index in [4.69, 9.17) is 0 Å². The van der Waals surface area contributed by atoms with Gasteiger partial charge in [-0.25, -0.2) is 0 Å². The van der Waals surface area contributed by atoms with Crippen LogP contribution in [0.3, 0.4) is 0 Å². The highest BCUT2D eigenvalue weighted by Crippen LogP contribution is 2.39. The van der Waals surface area contributed by atoms with E-state index < -0.39 is 23.7 Å². The Morgan fingerprint density at radius 1 is 1.12 bits per heavy atom. The summed E-state index contributed by atoms with van der Waals surface area (Å²) < 4.78 is 0. The first-order valence-electron chi connectivity index (χ1n) is 7.45. The molecule has 0 fully saturated rings. The van der Waals surface area contributed by atoms with E-state index in [-0.39, 0.29) is 11.5 Å². The zero-order valence-corrected chi connectivity index (χ0v) is 13.0. The standard InChI is InChI=1S/C18H16N2O4/c1-11(21)19-14-8-4-2-6-12(14)16(22)10-18(24)13-7-3-5-9-15(13)20-17(18)23/h2-9,24H,10H2,1H3,(H,19,21)(H,20,23)/t18-/m1/s1. The van der Waals surface area contributed by atoms with Gasteiger partial charge in [-0.1, -0.05) is 30.3 Å². The third-order valence-electron chi connectivity index (χ3n) is 3.95. The van der Waals surface area contributed by atoms with Crippen LogP contribution >= 0.6 is 0 Å². The number of Topliss-reactive ketones (excluding diaryl/α,β-unsaturated/α-hetero) is 1. The SMILES string of the molecule is CC(=O)Nc1ccccc1C(=O)C[C@]1(O)C(=O)Nc2ccccc21. The van der Waals surface area contributed by atoms with Gasteiger partial charge in [-0.3, -0.25) is 14.4 Å². The van der Waals surface area contributed by atoms with Crippen LogP contribution in [-0.4, -0.2) is 22.7 Å². The fourth-order valence-electron chi connectivity index (χ4n) is 2.83. The van der Waals surface area contributed by atoms with Gasteiger partial charge < -0.3 is 15.7 Å². The topological polar surface area (TPSA) is 95.5 Å². The number of fused-ring (bicyclic) bond motifs is 1. The summed E-state index contributed by atoms with van der Waals surface area (Å²) in [7, 11) is 0. The Bertz CT molecular complexity index is 846. The van der Waals surface area contributed by atoms with Gasteiger partial charge in [-0.05, 0) is 18.2 Å². The number of para-hydroxylation sites is 2. The third-order valence-corrected chi connectivity index (χ3v) is 3.95. The first kappa shape index (κ1) is 15.9. The number of ketones is 1. The van der Waals surface area contributed by atoms with Crippen LogP contribution in [-0.2, 0) is 15.2 Å².